The number of rotatable bonds is 4. The normalized spacial score (nSPS) is 10.6. The van der Waals surface area contributed by atoms with E-state index in [9.17, 15) is 4.79 Å². The molecule has 0 atom stereocenters. The fourth-order valence-electron chi connectivity index (χ4n) is 2.89. The molecule has 5 nitrogen and oxygen atoms in total. The fraction of sp³-hybridized carbons (Fsp3) is 0.211. The van der Waals surface area contributed by atoms with Gasteiger partial charge in [-0.05, 0) is 44.0 Å². The van der Waals surface area contributed by atoms with Crippen LogP contribution in [0.25, 0.3) is 10.6 Å². The van der Waals surface area contributed by atoms with Crippen LogP contribution in [-0.4, -0.2) is 23.2 Å². The van der Waals surface area contributed by atoms with Gasteiger partial charge in [0.2, 0.25) is 5.13 Å². The number of ether oxygens (including phenoxy) is 1. The summed E-state index contributed by atoms with van der Waals surface area (Å²) in [6.45, 7) is 6.19. The number of hydrogen-bond acceptors (Lipinski definition) is 5. The molecule has 3 aromatic rings. The van der Waals surface area contributed by atoms with Gasteiger partial charge < -0.3 is 4.74 Å². The average Bonchev–Trinajstić information content (AvgIpc) is 3.01. The maximum atomic E-state index is 12.5. The van der Waals surface area contributed by atoms with Crippen LogP contribution in [0.4, 0.5) is 5.13 Å². The Morgan fingerprint density at radius 3 is 2.44 bits per heavy atom. The lowest BCUT2D eigenvalue weighted by atomic mass is 10.0. The van der Waals surface area contributed by atoms with Gasteiger partial charge in [0, 0.05) is 5.56 Å². The highest BCUT2D eigenvalue weighted by molar-refractivity contribution is 7.18. The molecule has 6 heteroatoms. The third kappa shape index (κ3) is 3.53. The van der Waals surface area contributed by atoms with Crippen molar-refractivity contribution < 1.29 is 9.53 Å². The van der Waals surface area contributed by atoms with Gasteiger partial charge in [0.15, 0.2) is 0 Å². The van der Waals surface area contributed by atoms with Crippen LogP contribution in [0.2, 0.25) is 0 Å². The van der Waals surface area contributed by atoms with Crippen LogP contribution in [0.3, 0.4) is 0 Å². The van der Waals surface area contributed by atoms with E-state index in [4.69, 9.17) is 4.74 Å². The van der Waals surface area contributed by atoms with Gasteiger partial charge in [0.1, 0.15) is 10.8 Å². The number of amides is 1. The molecule has 1 N–H and O–H groups in total. The molecule has 0 aliphatic rings. The summed E-state index contributed by atoms with van der Waals surface area (Å²) in [7, 11) is 1.54. The van der Waals surface area contributed by atoms with Crippen molar-refractivity contribution >= 4 is 22.4 Å². The number of benzene rings is 2. The number of nitrogens with one attached hydrogen (secondary N) is 1. The van der Waals surface area contributed by atoms with Gasteiger partial charge in [-0.2, -0.15) is 0 Å². The summed E-state index contributed by atoms with van der Waals surface area (Å²) in [5, 5.41) is 12.4. The molecule has 0 spiro atoms. The Hall–Kier alpha value is -2.73. The van der Waals surface area contributed by atoms with E-state index in [1.54, 1.807) is 18.2 Å². The van der Waals surface area contributed by atoms with Crippen molar-refractivity contribution in [1.82, 2.24) is 10.2 Å². The Bertz CT molecular complexity index is 911. The second-order valence-corrected chi connectivity index (χ2v) is 6.82. The minimum atomic E-state index is -0.266. The highest BCUT2D eigenvalue weighted by Crippen LogP contribution is 2.32. The molecule has 2 aromatic carbocycles. The molecule has 0 fully saturated rings. The minimum absolute atomic E-state index is 0.266. The number of anilines is 1. The molecule has 3 rings (SSSR count). The Labute approximate surface area is 150 Å². The number of nitrogens with zero attached hydrogens (tertiary/aromatic N) is 2. The molecule has 1 aromatic heterocycles. The number of carbonyl (C=O) groups excluding carboxylic acids is 1. The Morgan fingerprint density at radius 2 is 1.76 bits per heavy atom. The summed E-state index contributed by atoms with van der Waals surface area (Å²) in [5.41, 5.74) is 5.05. The first-order chi connectivity index (χ1) is 12.0. The van der Waals surface area contributed by atoms with Crippen LogP contribution in [0.15, 0.2) is 36.4 Å². The zero-order valence-electron chi connectivity index (χ0n) is 14.6. The van der Waals surface area contributed by atoms with E-state index in [-0.39, 0.29) is 5.91 Å². The zero-order valence-corrected chi connectivity index (χ0v) is 15.4. The van der Waals surface area contributed by atoms with Gasteiger partial charge in [-0.25, -0.2) is 0 Å². The van der Waals surface area contributed by atoms with Crippen molar-refractivity contribution in [2.45, 2.75) is 20.8 Å². The zero-order chi connectivity index (χ0) is 18.0. The lowest BCUT2D eigenvalue weighted by Gasteiger charge is -2.08. The van der Waals surface area contributed by atoms with Crippen LogP contribution in [0, 0.1) is 20.8 Å². The molecule has 25 heavy (non-hydrogen) atoms. The molecular formula is C19H19N3O2S. The van der Waals surface area contributed by atoms with E-state index in [1.165, 1.54) is 24.0 Å². The molecule has 0 radical (unpaired) electrons. The number of aryl methyl sites for hydroxylation is 3. The van der Waals surface area contributed by atoms with Crippen molar-refractivity contribution in [3.8, 4) is 16.3 Å². The summed E-state index contributed by atoms with van der Waals surface area (Å²) in [6.07, 6.45) is 0. The lowest BCUT2D eigenvalue weighted by Crippen LogP contribution is -2.12. The molecule has 1 amide bonds. The second-order valence-electron chi connectivity index (χ2n) is 5.84. The molecular weight excluding hydrogens is 334 g/mol. The highest BCUT2D eigenvalue weighted by Gasteiger charge is 2.16. The third-order valence-electron chi connectivity index (χ3n) is 3.89. The molecule has 0 saturated carbocycles. The van der Waals surface area contributed by atoms with Crippen molar-refractivity contribution in [1.29, 1.82) is 0 Å². The predicted octanol–water partition coefficient (Wildman–Crippen LogP) is 4.39. The number of methoxy groups -OCH3 is 1. The number of hydrogen-bond donors (Lipinski definition) is 1. The van der Waals surface area contributed by atoms with Crippen molar-refractivity contribution in [2.75, 3.05) is 12.4 Å². The van der Waals surface area contributed by atoms with Crippen LogP contribution in [-0.2, 0) is 0 Å². The van der Waals surface area contributed by atoms with E-state index in [1.807, 2.05) is 6.07 Å². The monoisotopic (exact) mass is 353 g/mol. The number of aromatic nitrogens is 2. The van der Waals surface area contributed by atoms with Crippen LogP contribution < -0.4 is 10.1 Å². The fourth-order valence-corrected chi connectivity index (χ4v) is 3.80. The first kappa shape index (κ1) is 17.1. The first-order valence-corrected chi connectivity index (χ1v) is 8.67. The lowest BCUT2D eigenvalue weighted by molar-refractivity contribution is 0.102. The van der Waals surface area contributed by atoms with Crippen LogP contribution in [0.1, 0.15) is 27.0 Å². The number of para-hydroxylation sites is 1. The second kappa shape index (κ2) is 7.03. The molecule has 0 unspecified atom stereocenters. The van der Waals surface area contributed by atoms with Gasteiger partial charge in [0.25, 0.3) is 5.91 Å². The Kier molecular flexibility index (Phi) is 4.81. The highest BCUT2D eigenvalue weighted by atomic mass is 32.1. The molecule has 0 aliphatic carbocycles. The molecule has 0 aliphatic heterocycles. The quantitative estimate of drug-likeness (QED) is 0.755. The Morgan fingerprint density at radius 1 is 1.08 bits per heavy atom. The topological polar surface area (TPSA) is 64.1 Å². The average molecular weight is 353 g/mol. The van der Waals surface area contributed by atoms with Crippen molar-refractivity contribution in [2.24, 2.45) is 0 Å². The summed E-state index contributed by atoms with van der Waals surface area (Å²) < 4.78 is 5.23. The molecule has 128 valence electrons. The summed E-state index contributed by atoms with van der Waals surface area (Å²) in [5.74, 6) is 0.257. The van der Waals surface area contributed by atoms with E-state index >= 15 is 0 Å². The van der Waals surface area contributed by atoms with Gasteiger partial charge in [0.05, 0.1) is 12.7 Å². The van der Waals surface area contributed by atoms with Gasteiger partial charge in [-0.15, -0.1) is 10.2 Å². The number of carbonyl (C=O) groups is 1. The molecule has 0 saturated heterocycles. The summed E-state index contributed by atoms with van der Waals surface area (Å²) in [4.78, 5) is 12.5. The SMILES string of the molecule is COc1ccccc1C(=O)Nc1nnc(-c2c(C)cc(C)cc2C)s1. The standard InChI is InChI=1S/C19H19N3O2S/c1-11-9-12(2)16(13(3)10-11)18-21-22-19(25-18)20-17(23)14-7-5-6-8-15(14)24-4/h5-10H,1-4H3,(H,20,22,23). The van der Waals surface area contributed by atoms with Crippen molar-refractivity contribution in [3.63, 3.8) is 0 Å². The smallest absolute Gasteiger partial charge is 0.261 e. The maximum Gasteiger partial charge on any atom is 0.261 e. The van der Waals surface area contributed by atoms with E-state index in [0.717, 1.165) is 21.7 Å². The van der Waals surface area contributed by atoms with Gasteiger partial charge >= 0.3 is 0 Å². The van der Waals surface area contributed by atoms with Gasteiger partial charge in [-0.1, -0.05) is 41.2 Å². The van der Waals surface area contributed by atoms with E-state index < -0.39 is 0 Å². The van der Waals surface area contributed by atoms with Crippen LogP contribution >= 0.6 is 11.3 Å². The first-order valence-electron chi connectivity index (χ1n) is 7.85. The predicted molar refractivity (Wildman–Crippen MR) is 101 cm³/mol. The third-order valence-corrected chi connectivity index (χ3v) is 4.74. The van der Waals surface area contributed by atoms with Crippen LogP contribution in [0.5, 0.6) is 5.75 Å². The van der Waals surface area contributed by atoms with E-state index in [0.29, 0.717) is 16.4 Å². The summed E-state index contributed by atoms with van der Waals surface area (Å²) in [6, 6.07) is 11.3. The largest absolute Gasteiger partial charge is 0.496 e. The molecule has 0 bridgehead atoms. The summed E-state index contributed by atoms with van der Waals surface area (Å²) >= 11 is 1.36. The minimum Gasteiger partial charge on any atom is -0.496 e. The Balaban J connectivity index is 1.87. The van der Waals surface area contributed by atoms with Gasteiger partial charge in [-0.3, -0.25) is 10.1 Å². The van der Waals surface area contributed by atoms with E-state index in [2.05, 4.69) is 48.4 Å². The molecule has 1 heterocycles. The maximum absolute atomic E-state index is 12.5. The van der Waals surface area contributed by atoms with Crippen molar-refractivity contribution in [3.05, 3.63) is 58.7 Å².